The fraction of sp³-hybridized carbons (Fsp3) is 0.375. The lowest BCUT2D eigenvalue weighted by molar-refractivity contribution is -0.142. The molecule has 1 amide bonds. The van der Waals surface area contributed by atoms with Gasteiger partial charge < -0.3 is 30.7 Å². The summed E-state index contributed by atoms with van der Waals surface area (Å²) in [5.74, 6) is -4.61. The zero-order valence-corrected chi connectivity index (χ0v) is 24.3. The van der Waals surface area contributed by atoms with Crippen molar-refractivity contribution >= 4 is 23.5 Å². The minimum Gasteiger partial charge on any atom is -0.488 e. The quantitative estimate of drug-likeness (QED) is 0.241. The number of nitrogens with one attached hydrogen (secondary N) is 1. The number of ether oxygens (including phenoxy) is 2. The number of rotatable bonds is 10. The molecular weight excluding hydrogens is 582 g/mol. The van der Waals surface area contributed by atoms with Gasteiger partial charge in [0.2, 0.25) is 5.91 Å². The summed E-state index contributed by atoms with van der Waals surface area (Å²) in [5.41, 5.74) is 5.12. The maximum absolute atomic E-state index is 16.1. The summed E-state index contributed by atoms with van der Waals surface area (Å²) in [7, 11) is 0. The van der Waals surface area contributed by atoms with Gasteiger partial charge in [0.15, 0.2) is 17.2 Å². The molecule has 228 valence electrons. The molecule has 11 heteroatoms. The molecule has 5 N–H and O–H groups in total. The Morgan fingerprint density at radius 3 is 2.44 bits per heavy atom. The van der Waals surface area contributed by atoms with Gasteiger partial charge in [-0.25, -0.2) is 8.78 Å². The first kappa shape index (κ1) is 30.7. The van der Waals surface area contributed by atoms with Crippen molar-refractivity contribution in [1.82, 2.24) is 5.32 Å². The molecule has 1 fully saturated rings. The predicted octanol–water partition coefficient (Wildman–Crippen LogP) is 5.38. The number of hydrogen-bond acceptors (Lipinski definition) is 6. The lowest BCUT2D eigenvalue weighted by Crippen LogP contribution is -2.48. The molecule has 0 spiro atoms. The second kappa shape index (κ2) is 12.5. The Bertz CT molecular complexity index is 1530. The zero-order valence-electron chi connectivity index (χ0n) is 23.5. The van der Waals surface area contributed by atoms with Gasteiger partial charge >= 0.3 is 5.97 Å². The van der Waals surface area contributed by atoms with Crippen molar-refractivity contribution in [3.63, 3.8) is 0 Å². The monoisotopic (exact) mass is 614 g/mol. The van der Waals surface area contributed by atoms with Crippen molar-refractivity contribution in [3.05, 3.63) is 81.9 Å². The standard InChI is InChI=1S/C32H33ClF2N2O6/c1-17-25-24(15-22(34)28(33)27(25)26-21(30(36)39)11-12-23(29(26)35)42-14-13-38)43-32(17,19-5-3-2-4-6-19)16-37-20-9-7-18(8-10-20)31(40)41/h2-6,11-12,15,17-18,20,37-38H,7-10,13-14,16H2,1H3,(H2,36,39)(H,40,41)/t17-,18?,20?,32-/m0/s1. The third-order valence-electron chi connectivity index (χ3n) is 8.61. The Morgan fingerprint density at radius 1 is 1.12 bits per heavy atom. The smallest absolute Gasteiger partial charge is 0.306 e. The normalized spacial score (nSPS) is 23.0. The number of aliphatic carboxylic acids is 1. The van der Waals surface area contributed by atoms with Crippen LogP contribution in [0.5, 0.6) is 11.5 Å². The van der Waals surface area contributed by atoms with Crippen LogP contribution in [0.1, 0.15) is 60.0 Å². The second-order valence-electron chi connectivity index (χ2n) is 11.0. The largest absolute Gasteiger partial charge is 0.488 e. The molecule has 2 atom stereocenters. The topological polar surface area (TPSA) is 131 Å². The Balaban J connectivity index is 1.62. The molecule has 1 saturated carbocycles. The zero-order chi connectivity index (χ0) is 30.9. The minimum absolute atomic E-state index is 0.0368. The first-order chi connectivity index (χ1) is 20.6. The Morgan fingerprint density at radius 2 is 1.81 bits per heavy atom. The SMILES string of the molecule is C[C@H]1c2c(cc(F)c(Cl)c2-c2c(C(N)=O)ccc(OCCO)c2F)O[C@]1(CNC1CCC(C(=O)O)CC1)c1ccccc1. The number of aliphatic hydroxyl groups is 1. The average Bonchev–Trinajstić information content (AvgIpc) is 3.28. The molecule has 0 radical (unpaired) electrons. The van der Waals surface area contributed by atoms with Crippen LogP contribution in [0.4, 0.5) is 8.78 Å². The number of aliphatic hydroxyl groups excluding tert-OH is 1. The summed E-state index contributed by atoms with van der Waals surface area (Å²) in [6.07, 6.45) is 2.44. The molecular formula is C32H33ClF2N2O6. The van der Waals surface area contributed by atoms with Crippen LogP contribution in [-0.2, 0) is 10.4 Å². The van der Waals surface area contributed by atoms with Crippen molar-refractivity contribution in [2.45, 2.75) is 50.2 Å². The van der Waals surface area contributed by atoms with E-state index in [4.69, 9.17) is 26.8 Å². The van der Waals surface area contributed by atoms with Crippen molar-refractivity contribution in [1.29, 1.82) is 0 Å². The molecule has 1 aliphatic carbocycles. The van der Waals surface area contributed by atoms with Crippen LogP contribution >= 0.6 is 11.6 Å². The summed E-state index contributed by atoms with van der Waals surface area (Å²) in [5, 5.41) is 21.7. The molecule has 0 bridgehead atoms. The van der Waals surface area contributed by atoms with E-state index >= 15 is 8.78 Å². The third-order valence-corrected chi connectivity index (χ3v) is 8.98. The summed E-state index contributed by atoms with van der Waals surface area (Å²) in [4.78, 5) is 23.9. The van der Waals surface area contributed by atoms with Crippen LogP contribution < -0.4 is 20.5 Å². The molecule has 43 heavy (non-hydrogen) atoms. The van der Waals surface area contributed by atoms with Crippen LogP contribution in [0.25, 0.3) is 11.1 Å². The molecule has 2 aliphatic rings. The van der Waals surface area contributed by atoms with Gasteiger partial charge in [0.1, 0.15) is 18.2 Å². The summed E-state index contributed by atoms with van der Waals surface area (Å²) in [6.45, 7) is 1.56. The average molecular weight is 615 g/mol. The molecule has 8 nitrogen and oxygen atoms in total. The fourth-order valence-corrected chi connectivity index (χ4v) is 6.58. The maximum atomic E-state index is 16.1. The number of primary amides is 1. The molecule has 3 aromatic rings. The van der Waals surface area contributed by atoms with Crippen LogP contribution in [0.3, 0.4) is 0 Å². The number of amides is 1. The molecule has 0 saturated heterocycles. The fourth-order valence-electron chi connectivity index (χ4n) is 6.33. The first-order valence-corrected chi connectivity index (χ1v) is 14.6. The van der Waals surface area contributed by atoms with Crippen molar-refractivity contribution in [2.24, 2.45) is 11.7 Å². The molecule has 1 aliphatic heterocycles. The van der Waals surface area contributed by atoms with Gasteiger partial charge in [-0.05, 0) is 43.4 Å². The van der Waals surface area contributed by atoms with Gasteiger partial charge in [-0.2, -0.15) is 0 Å². The lowest BCUT2D eigenvalue weighted by atomic mass is 9.77. The van der Waals surface area contributed by atoms with Gasteiger partial charge in [0.25, 0.3) is 0 Å². The number of hydrogen-bond donors (Lipinski definition) is 4. The van der Waals surface area contributed by atoms with Crippen molar-refractivity contribution < 1.29 is 38.1 Å². The van der Waals surface area contributed by atoms with Gasteiger partial charge in [-0.3, -0.25) is 9.59 Å². The molecule has 3 aromatic carbocycles. The molecule has 0 aromatic heterocycles. The van der Waals surface area contributed by atoms with Gasteiger partial charge in [0.05, 0.1) is 23.1 Å². The highest BCUT2D eigenvalue weighted by atomic mass is 35.5. The van der Waals surface area contributed by atoms with Crippen LogP contribution in [0.2, 0.25) is 5.02 Å². The van der Waals surface area contributed by atoms with Gasteiger partial charge in [-0.15, -0.1) is 0 Å². The number of benzene rings is 3. The Kier molecular flexibility index (Phi) is 8.91. The molecule has 0 unspecified atom stereocenters. The number of nitrogens with two attached hydrogens (primary N) is 1. The minimum atomic E-state index is -1.09. The lowest BCUT2D eigenvalue weighted by Gasteiger charge is -2.37. The van der Waals surface area contributed by atoms with Crippen LogP contribution in [-0.4, -0.2) is 47.9 Å². The number of carbonyl (C=O) groups excluding carboxylic acids is 1. The first-order valence-electron chi connectivity index (χ1n) is 14.2. The van der Waals surface area contributed by atoms with E-state index < -0.39 is 40.1 Å². The van der Waals surface area contributed by atoms with E-state index in [9.17, 15) is 19.8 Å². The third kappa shape index (κ3) is 5.67. The second-order valence-corrected chi connectivity index (χ2v) is 11.4. The van der Waals surface area contributed by atoms with E-state index in [1.54, 1.807) is 0 Å². The van der Waals surface area contributed by atoms with Crippen molar-refractivity contribution in [2.75, 3.05) is 19.8 Å². The van der Waals surface area contributed by atoms with Gasteiger partial charge in [-0.1, -0.05) is 48.9 Å². The van der Waals surface area contributed by atoms with E-state index in [2.05, 4.69) is 5.32 Å². The highest BCUT2D eigenvalue weighted by molar-refractivity contribution is 6.34. The van der Waals surface area contributed by atoms with E-state index in [1.807, 2.05) is 37.3 Å². The predicted molar refractivity (Wildman–Crippen MR) is 156 cm³/mol. The summed E-state index contributed by atoms with van der Waals surface area (Å²) >= 11 is 6.57. The molecule has 1 heterocycles. The Labute approximate surface area is 252 Å². The number of fused-ring (bicyclic) bond motifs is 1. The van der Waals surface area contributed by atoms with E-state index in [0.29, 0.717) is 31.2 Å². The highest BCUT2D eigenvalue weighted by Gasteiger charge is 2.50. The maximum Gasteiger partial charge on any atom is 0.306 e. The van der Waals surface area contributed by atoms with E-state index in [0.717, 1.165) is 11.6 Å². The van der Waals surface area contributed by atoms with Crippen molar-refractivity contribution in [3.8, 4) is 22.6 Å². The Hall–Kier alpha value is -3.73. The van der Waals surface area contributed by atoms with Gasteiger partial charge in [0, 0.05) is 41.3 Å². The van der Waals surface area contributed by atoms with E-state index in [1.165, 1.54) is 12.1 Å². The number of carbonyl (C=O) groups is 2. The number of carboxylic acids is 1. The highest BCUT2D eigenvalue weighted by Crippen LogP contribution is 2.56. The van der Waals surface area contributed by atoms with E-state index in [-0.39, 0.29) is 59.9 Å². The number of halogens is 3. The summed E-state index contributed by atoms with van der Waals surface area (Å²) in [6, 6.07) is 13.1. The van der Waals surface area contributed by atoms with Crippen LogP contribution in [0.15, 0.2) is 48.5 Å². The van der Waals surface area contributed by atoms with Crippen LogP contribution in [0, 0.1) is 17.6 Å². The molecule has 5 rings (SSSR count). The summed E-state index contributed by atoms with van der Waals surface area (Å²) < 4.78 is 43.5. The number of carboxylic acid groups (broad SMARTS) is 1.